The molecule has 324 valence electrons. The first-order chi connectivity index (χ1) is 30.3. The van der Waals surface area contributed by atoms with E-state index in [9.17, 15) is 24.0 Å². The fourth-order valence-electron chi connectivity index (χ4n) is 9.05. The molecule has 5 amide bonds. The summed E-state index contributed by atoms with van der Waals surface area (Å²) in [5.41, 5.74) is 7.95. The Morgan fingerprint density at radius 1 is 0.889 bits per heavy atom. The van der Waals surface area contributed by atoms with E-state index in [4.69, 9.17) is 4.98 Å². The topological polar surface area (TPSA) is 175 Å². The van der Waals surface area contributed by atoms with E-state index in [-0.39, 0.29) is 30.2 Å². The van der Waals surface area contributed by atoms with Gasteiger partial charge in [-0.2, -0.15) is 5.10 Å². The van der Waals surface area contributed by atoms with Gasteiger partial charge in [-0.1, -0.05) is 24.3 Å². The van der Waals surface area contributed by atoms with Crippen LogP contribution in [0, 0.1) is 12.8 Å². The van der Waals surface area contributed by atoms with Crippen molar-refractivity contribution in [1.29, 1.82) is 0 Å². The third-order valence-electron chi connectivity index (χ3n) is 12.8. The zero-order valence-corrected chi connectivity index (χ0v) is 36.1. The number of carbonyl (C=O) groups excluding carboxylic acids is 5. The van der Waals surface area contributed by atoms with Gasteiger partial charge in [0.05, 0.1) is 34.1 Å². The molecule has 6 heterocycles. The van der Waals surface area contributed by atoms with Crippen molar-refractivity contribution in [2.24, 2.45) is 5.92 Å². The van der Waals surface area contributed by atoms with Crippen LogP contribution in [-0.2, 0) is 21.7 Å². The summed E-state index contributed by atoms with van der Waals surface area (Å²) in [6, 6.07) is 21.0. The Morgan fingerprint density at radius 2 is 1.65 bits per heavy atom. The van der Waals surface area contributed by atoms with E-state index in [2.05, 4.69) is 66.2 Å². The average Bonchev–Trinajstić information content (AvgIpc) is 3.86. The highest BCUT2D eigenvalue weighted by molar-refractivity contribution is 6.23. The van der Waals surface area contributed by atoms with Crippen LogP contribution in [0.4, 0.5) is 17.3 Å². The highest BCUT2D eigenvalue weighted by atomic mass is 16.2. The first-order valence-electron chi connectivity index (χ1n) is 21.7. The number of imide groups is 2. The van der Waals surface area contributed by atoms with Crippen molar-refractivity contribution in [3.8, 4) is 11.3 Å². The molecule has 3 saturated heterocycles. The summed E-state index contributed by atoms with van der Waals surface area (Å²) in [6.07, 6.45) is 7.55. The van der Waals surface area contributed by atoms with E-state index in [0.29, 0.717) is 41.0 Å². The first-order valence-corrected chi connectivity index (χ1v) is 21.7. The molecule has 0 spiro atoms. The molecule has 4 aliphatic rings. The lowest BCUT2D eigenvalue weighted by Crippen LogP contribution is -2.54. The number of hydrogen-bond donors (Lipinski definition) is 3. The van der Waals surface area contributed by atoms with Gasteiger partial charge in [-0.05, 0) is 125 Å². The second-order valence-corrected chi connectivity index (χ2v) is 18.2. The van der Waals surface area contributed by atoms with E-state index >= 15 is 0 Å². The summed E-state index contributed by atoms with van der Waals surface area (Å²) in [4.78, 5) is 78.4. The molecule has 2 aromatic heterocycles. The summed E-state index contributed by atoms with van der Waals surface area (Å²) >= 11 is 0. The lowest BCUT2D eigenvalue weighted by atomic mass is 9.88. The number of aryl methyl sites for hydroxylation is 1. The van der Waals surface area contributed by atoms with E-state index < -0.39 is 23.8 Å². The summed E-state index contributed by atoms with van der Waals surface area (Å²) in [5, 5.41) is 13.0. The Bertz CT molecular complexity index is 2600. The van der Waals surface area contributed by atoms with Crippen LogP contribution in [0.5, 0.6) is 0 Å². The molecule has 0 bridgehead atoms. The van der Waals surface area contributed by atoms with Gasteiger partial charge in [-0.25, -0.2) is 9.97 Å². The smallest absolute Gasteiger partial charge is 0.262 e. The van der Waals surface area contributed by atoms with Crippen molar-refractivity contribution in [3.63, 3.8) is 0 Å². The van der Waals surface area contributed by atoms with Gasteiger partial charge < -0.3 is 20.4 Å². The van der Waals surface area contributed by atoms with Gasteiger partial charge in [0.1, 0.15) is 6.04 Å². The van der Waals surface area contributed by atoms with Crippen LogP contribution in [0.1, 0.15) is 100 Å². The SMILES string of the molecule is Cc1cc(-c2ccnc(Nc3ccc(C4CCN(CC5CN(c6ccc7c(c6)C(=O)N(C6CCC(=O)NC6=O)C7=O)C5)CC4)cc3)n2)ccc1CNC(=O)c1cnn(C(C)(C)C)c1. The Labute approximate surface area is 366 Å². The van der Waals surface area contributed by atoms with E-state index in [0.717, 1.165) is 84.2 Å². The molecule has 15 heteroatoms. The molecule has 0 saturated carbocycles. The number of rotatable bonds is 11. The molecule has 4 aliphatic heterocycles. The lowest BCUT2D eigenvalue weighted by Gasteiger charge is -2.44. The molecule has 9 rings (SSSR count). The predicted octanol–water partition coefficient (Wildman–Crippen LogP) is 5.79. The van der Waals surface area contributed by atoms with Crippen molar-refractivity contribution in [3.05, 3.63) is 119 Å². The normalized spacial score (nSPS) is 18.6. The van der Waals surface area contributed by atoms with Crippen LogP contribution in [0.2, 0.25) is 0 Å². The third kappa shape index (κ3) is 8.70. The Morgan fingerprint density at radius 3 is 2.37 bits per heavy atom. The number of hydrogen-bond acceptors (Lipinski definition) is 11. The largest absolute Gasteiger partial charge is 0.371 e. The number of nitrogens with one attached hydrogen (secondary N) is 3. The van der Waals surface area contributed by atoms with Crippen molar-refractivity contribution in [2.45, 2.75) is 77.4 Å². The second kappa shape index (κ2) is 16.9. The Kier molecular flexibility index (Phi) is 11.1. The minimum atomic E-state index is -0.966. The van der Waals surface area contributed by atoms with Gasteiger partial charge in [-0.3, -0.25) is 38.9 Å². The van der Waals surface area contributed by atoms with Crippen LogP contribution >= 0.6 is 0 Å². The number of amides is 5. The molecule has 3 aromatic carbocycles. The second-order valence-electron chi connectivity index (χ2n) is 18.2. The van der Waals surface area contributed by atoms with Crippen LogP contribution in [0.25, 0.3) is 11.3 Å². The predicted molar refractivity (Wildman–Crippen MR) is 238 cm³/mol. The standard InChI is InChI=1S/C48H52N10O5/c1-29-21-33(5-6-34(29)23-50-43(60)35-24-51-57(28-35)48(2,3)4)40-15-18-49-47(53-40)52-36-9-7-31(8-10-36)32-16-19-55(20-17-32)25-30-26-56(27-30)37-11-12-38-39(22-37)46(63)58(45(38)62)41-13-14-42(59)54-44(41)61/h5-12,15,18,21-22,24,28,30,32,41H,13-14,16-17,19-20,23,25-27H2,1-4H3,(H,50,60)(H,49,52,53)(H,54,59,61). The fraction of sp³-hybridized carbons (Fsp3) is 0.375. The number of fused-ring (bicyclic) bond motifs is 1. The summed E-state index contributed by atoms with van der Waals surface area (Å²) in [7, 11) is 0. The first kappa shape index (κ1) is 41.6. The highest BCUT2D eigenvalue weighted by Gasteiger charge is 2.45. The quantitative estimate of drug-likeness (QED) is 0.137. The summed E-state index contributed by atoms with van der Waals surface area (Å²) in [6.45, 7) is 13.4. The summed E-state index contributed by atoms with van der Waals surface area (Å²) < 4.78 is 1.79. The fourth-order valence-corrected chi connectivity index (χ4v) is 9.05. The molecule has 15 nitrogen and oxygen atoms in total. The van der Waals surface area contributed by atoms with Gasteiger partial charge in [-0.15, -0.1) is 0 Å². The monoisotopic (exact) mass is 848 g/mol. The number of piperidine rings is 2. The number of likely N-dealkylation sites (tertiary alicyclic amines) is 1. The molecule has 3 N–H and O–H groups in total. The number of carbonyl (C=O) groups is 5. The molecular weight excluding hydrogens is 797 g/mol. The van der Waals surface area contributed by atoms with Crippen molar-refractivity contribution < 1.29 is 24.0 Å². The molecule has 63 heavy (non-hydrogen) atoms. The van der Waals surface area contributed by atoms with Crippen molar-refractivity contribution >= 4 is 46.9 Å². The molecule has 0 radical (unpaired) electrons. The maximum atomic E-state index is 13.3. The minimum Gasteiger partial charge on any atom is -0.371 e. The van der Waals surface area contributed by atoms with Crippen LogP contribution in [0.15, 0.2) is 85.3 Å². The molecular formula is C48H52N10O5. The summed E-state index contributed by atoms with van der Waals surface area (Å²) in [5.74, 6) is -0.590. The molecule has 3 fully saturated rings. The number of aromatic nitrogens is 4. The van der Waals surface area contributed by atoms with Crippen molar-refractivity contribution in [2.75, 3.05) is 42.9 Å². The molecule has 0 aliphatic carbocycles. The maximum Gasteiger partial charge on any atom is 0.262 e. The zero-order chi connectivity index (χ0) is 44.0. The highest BCUT2D eigenvalue weighted by Crippen LogP contribution is 2.35. The van der Waals surface area contributed by atoms with Gasteiger partial charge in [0.2, 0.25) is 17.8 Å². The van der Waals surface area contributed by atoms with Gasteiger partial charge in [0, 0.05) is 67.8 Å². The third-order valence-corrected chi connectivity index (χ3v) is 12.8. The van der Waals surface area contributed by atoms with Gasteiger partial charge in [0.15, 0.2) is 0 Å². The maximum absolute atomic E-state index is 13.3. The zero-order valence-electron chi connectivity index (χ0n) is 36.1. The molecule has 5 aromatic rings. The Hall–Kier alpha value is -6.74. The lowest BCUT2D eigenvalue weighted by molar-refractivity contribution is -0.136. The van der Waals surface area contributed by atoms with Crippen LogP contribution < -0.4 is 20.9 Å². The molecule has 1 atom stereocenters. The van der Waals surface area contributed by atoms with Crippen molar-refractivity contribution in [1.82, 2.24) is 40.2 Å². The van der Waals surface area contributed by atoms with Crippen LogP contribution in [0.3, 0.4) is 0 Å². The van der Waals surface area contributed by atoms with E-state index in [1.807, 2.05) is 52.0 Å². The van der Waals surface area contributed by atoms with Gasteiger partial charge >= 0.3 is 0 Å². The average molecular weight is 849 g/mol. The van der Waals surface area contributed by atoms with E-state index in [1.165, 1.54) is 5.56 Å². The number of benzene rings is 3. The Balaban J connectivity index is 0.726. The van der Waals surface area contributed by atoms with E-state index in [1.54, 1.807) is 35.4 Å². The van der Waals surface area contributed by atoms with Crippen LogP contribution in [-0.4, -0.2) is 97.8 Å². The minimum absolute atomic E-state index is 0.0959. The number of nitrogens with zero attached hydrogens (tertiary/aromatic N) is 7. The van der Waals surface area contributed by atoms with Gasteiger partial charge in [0.25, 0.3) is 17.7 Å². The molecule has 1 unspecified atom stereocenters. The number of anilines is 3.